The Kier molecular flexibility index (Phi) is 4.53. The third-order valence-corrected chi connectivity index (χ3v) is 5.03. The van der Waals surface area contributed by atoms with Gasteiger partial charge in [-0.2, -0.15) is 0 Å². The van der Waals surface area contributed by atoms with Crippen LogP contribution in [-0.4, -0.2) is 41.4 Å². The molecule has 0 saturated carbocycles. The molecule has 0 amide bonds. The Morgan fingerprint density at radius 1 is 1.16 bits per heavy atom. The predicted molar refractivity (Wildman–Crippen MR) is 96.0 cm³/mol. The van der Waals surface area contributed by atoms with Crippen LogP contribution in [-0.2, 0) is 4.74 Å². The zero-order chi connectivity index (χ0) is 17.2. The van der Waals surface area contributed by atoms with E-state index in [0.29, 0.717) is 23.8 Å². The van der Waals surface area contributed by atoms with E-state index in [0.717, 1.165) is 29.6 Å². The molecule has 0 bridgehead atoms. The molecule has 2 aromatic heterocycles. The molecule has 4 rings (SSSR count). The molecular formula is C19H19ClN3O2+. The summed E-state index contributed by atoms with van der Waals surface area (Å²) in [6.07, 6.45) is 5.27. The molecule has 0 spiro atoms. The van der Waals surface area contributed by atoms with Crippen molar-refractivity contribution in [2.45, 2.75) is 6.04 Å². The van der Waals surface area contributed by atoms with Gasteiger partial charge in [0.1, 0.15) is 24.6 Å². The van der Waals surface area contributed by atoms with Gasteiger partial charge in [0.05, 0.1) is 23.8 Å². The lowest BCUT2D eigenvalue weighted by atomic mass is 9.95. The first-order chi connectivity index (χ1) is 12.3. The van der Waals surface area contributed by atoms with Crippen molar-refractivity contribution in [2.75, 3.05) is 26.3 Å². The zero-order valence-corrected chi connectivity index (χ0v) is 14.4. The summed E-state index contributed by atoms with van der Waals surface area (Å²) in [5.74, 6) is 0.188. The van der Waals surface area contributed by atoms with E-state index >= 15 is 0 Å². The summed E-state index contributed by atoms with van der Waals surface area (Å²) in [4.78, 5) is 9.93. The highest BCUT2D eigenvalue weighted by Crippen LogP contribution is 2.37. The molecule has 128 valence electrons. The largest absolute Gasteiger partial charge is 0.505 e. The lowest BCUT2D eigenvalue weighted by Crippen LogP contribution is -3.14. The van der Waals surface area contributed by atoms with E-state index in [9.17, 15) is 5.11 Å². The van der Waals surface area contributed by atoms with Gasteiger partial charge in [-0.3, -0.25) is 9.97 Å². The van der Waals surface area contributed by atoms with Crippen LogP contribution in [0.15, 0.2) is 48.9 Å². The van der Waals surface area contributed by atoms with Crippen molar-refractivity contribution in [3.8, 4) is 5.75 Å². The fourth-order valence-electron chi connectivity index (χ4n) is 3.53. The minimum Gasteiger partial charge on any atom is -0.505 e. The average Bonchev–Trinajstić information content (AvgIpc) is 2.68. The molecule has 1 aromatic carbocycles. The first-order valence-corrected chi connectivity index (χ1v) is 8.72. The summed E-state index contributed by atoms with van der Waals surface area (Å²) >= 11 is 6.50. The van der Waals surface area contributed by atoms with Crippen molar-refractivity contribution in [3.05, 3.63) is 65.1 Å². The number of pyridine rings is 2. The van der Waals surface area contributed by atoms with Crippen LogP contribution < -0.4 is 4.90 Å². The smallest absolute Gasteiger partial charge is 0.151 e. The fraction of sp³-hybridized carbons (Fsp3) is 0.263. The maximum absolute atomic E-state index is 11.0. The quantitative estimate of drug-likeness (QED) is 0.753. The number of halogens is 1. The Morgan fingerprint density at radius 2 is 1.96 bits per heavy atom. The average molecular weight is 357 g/mol. The lowest BCUT2D eigenvalue weighted by molar-refractivity contribution is -0.933. The van der Waals surface area contributed by atoms with E-state index in [-0.39, 0.29) is 11.8 Å². The van der Waals surface area contributed by atoms with Gasteiger partial charge in [-0.1, -0.05) is 11.6 Å². The van der Waals surface area contributed by atoms with Gasteiger partial charge in [-0.05, 0) is 30.3 Å². The number of hydrogen-bond acceptors (Lipinski definition) is 4. The number of phenolic OH excluding ortho intramolecular Hbond substituents is 1. The molecule has 1 aliphatic rings. The van der Waals surface area contributed by atoms with Gasteiger partial charge in [0.15, 0.2) is 5.75 Å². The molecule has 3 aromatic rings. The number of hydrogen-bond donors (Lipinski definition) is 2. The van der Waals surface area contributed by atoms with E-state index < -0.39 is 0 Å². The highest BCUT2D eigenvalue weighted by atomic mass is 35.5. The molecule has 6 heteroatoms. The van der Waals surface area contributed by atoms with Crippen LogP contribution >= 0.6 is 11.6 Å². The van der Waals surface area contributed by atoms with Gasteiger partial charge in [-0.25, -0.2) is 0 Å². The molecule has 5 nitrogen and oxygen atoms in total. The Hall–Kier alpha value is -2.21. The number of quaternary nitrogens is 1. The molecule has 0 radical (unpaired) electrons. The number of morpholine rings is 1. The van der Waals surface area contributed by atoms with E-state index in [1.54, 1.807) is 12.4 Å². The highest BCUT2D eigenvalue weighted by molar-refractivity contribution is 6.35. The minimum atomic E-state index is -0.0680. The number of nitrogens with zero attached hydrogens (tertiary/aromatic N) is 2. The van der Waals surface area contributed by atoms with Crippen LogP contribution in [0.5, 0.6) is 5.75 Å². The van der Waals surface area contributed by atoms with E-state index in [1.807, 2.05) is 36.5 Å². The maximum Gasteiger partial charge on any atom is 0.151 e. The van der Waals surface area contributed by atoms with Crippen molar-refractivity contribution in [1.29, 1.82) is 0 Å². The predicted octanol–water partition coefficient (Wildman–Crippen LogP) is 1.99. The van der Waals surface area contributed by atoms with Crippen LogP contribution in [0.25, 0.3) is 10.9 Å². The first kappa shape index (κ1) is 16.3. The molecule has 25 heavy (non-hydrogen) atoms. The van der Waals surface area contributed by atoms with Crippen molar-refractivity contribution >= 4 is 22.5 Å². The van der Waals surface area contributed by atoms with Crippen LogP contribution in [0.4, 0.5) is 0 Å². The molecule has 1 aliphatic heterocycles. The number of aromatic hydroxyl groups is 1. The van der Waals surface area contributed by atoms with Gasteiger partial charge in [-0.15, -0.1) is 0 Å². The molecule has 1 fully saturated rings. The molecule has 2 N–H and O–H groups in total. The highest BCUT2D eigenvalue weighted by Gasteiger charge is 2.31. The Balaban J connectivity index is 1.90. The first-order valence-electron chi connectivity index (χ1n) is 8.34. The van der Waals surface area contributed by atoms with Crippen LogP contribution in [0, 0.1) is 0 Å². The summed E-state index contributed by atoms with van der Waals surface area (Å²) in [6, 6.07) is 9.44. The lowest BCUT2D eigenvalue weighted by Gasteiger charge is -2.32. The summed E-state index contributed by atoms with van der Waals surface area (Å²) in [6.45, 7) is 3.12. The van der Waals surface area contributed by atoms with Crippen LogP contribution in [0.2, 0.25) is 5.02 Å². The van der Waals surface area contributed by atoms with Crippen molar-refractivity contribution in [1.82, 2.24) is 9.97 Å². The van der Waals surface area contributed by atoms with Gasteiger partial charge in [0.2, 0.25) is 0 Å². The monoisotopic (exact) mass is 356 g/mol. The second kappa shape index (κ2) is 6.96. The van der Waals surface area contributed by atoms with E-state index in [4.69, 9.17) is 16.3 Å². The number of phenols is 1. The standard InChI is InChI=1S/C19H18ClN3O2/c20-16-11-15(19(24)17-14(16)4-2-6-22-17)18(13-3-1-5-21-12-13)23-7-9-25-10-8-23/h1-6,11-12,18,24H,7-10H2/p+1/t18-/m1/s1. The molecular weight excluding hydrogens is 338 g/mol. The second-order valence-electron chi connectivity index (χ2n) is 6.19. The SMILES string of the molecule is Oc1c([C@@H](c2cccnc2)[NH+]2CCOCC2)cc(Cl)c2cccnc12. The number of nitrogens with one attached hydrogen (secondary N) is 1. The number of rotatable bonds is 3. The van der Waals surface area contributed by atoms with Crippen molar-refractivity contribution in [3.63, 3.8) is 0 Å². The van der Waals surface area contributed by atoms with E-state index in [2.05, 4.69) is 9.97 Å². The van der Waals surface area contributed by atoms with Crippen molar-refractivity contribution < 1.29 is 14.7 Å². The summed E-state index contributed by atoms with van der Waals surface area (Å²) < 4.78 is 5.51. The molecule has 1 saturated heterocycles. The van der Waals surface area contributed by atoms with Gasteiger partial charge in [0, 0.05) is 29.5 Å². The number of benzene rings is 1. The maximum atomic E-state index is 11.0. The number of fused-ring (bicyclic) bond motifs is 1. The van der Waals surface area contributed by atoms with Gasteiger partial charge in [0.25, 0.3) is 0 Å². The second-order valence-corrected chi connectivity index (χ2v) is 6.59. The fourth-order valence-corrected chi connectivity index (χ4v) is 3.80. The Morgan fingerprint density at radius 3 is 2.72 bits per heavy atom. The van der Waals surface area contributed by atoms with Crippen molar-refractivity contribution in [2.24, 2.45) is 0 Å². The summed E-state index contributed by atoms with van der Waals surface area (Å²) in [7, 11) is 0. The Labute approximate surface area is 150 Å². The van der Waals surface area contributed by atoms with Gasteiger partial charge < -0.3 is 14.7 Å². The molecule has 0 aliphatic carbocycles. The van der Waals surface area contributed by atoms with Gasteiger partial charge >= 0.3 is 0 Å². The minimum absolute atomic E-state index is 0.0680. The molecule has 1 atom stereocenters. The molecule has 3 heterocycles. The topological polar surface area (TPSA) is 59.7 Å². The normalized spacial score (nSPS) is 16.8. The van der Waals surface area contributed by atoms with E-state index in [1.165, 1.54) is 4.90 Å². The molecule has 0 unspecified atom stereocenters. The number of aromatic nitrogens is 2. The third-order valence-electron chi connectivity index (χ3n) is 4.72. The third kappa shape index (κ3) is 3.06. The number of ether oxygens (including phenoxy) is 1. The van der Waals surface area contributed by atoms with Crippen LogP contribution in [0.1, 0.15) is 17.2 Å². The zero-order valence-electron chi connectivity index (χ0n) is 13.7. The summed E-state index contributed by atoms with van der Waals surface area (Å²) in [5, 5.41) is 12.3. The summed E-state index contributed by atoms with van der Waals surface area (Å²) in [5.41, 5.74) is 2.36. The van der Waals surface area contributed by atoms with Crippen LogP contribution in [0.3, 0.4) is 0 Å². The Bertz CT molecular complexity index is 882.